The second-order valence-electron chi connectivity index (χ2n) is 6.86. The summed E-state index contributed by atoms with van der Waals surface area (Å²) in [6.45, 7) is 2.54. The molecule has 6 nitrogen and oxygen atoms in total. The number of rotatable bonds is 6. The number of aliphatic carboxylic acids is 1. The van der Waals surface area contributed by atoms with Gasteiger partial charge in [0.1, 0.15) is 6.04 Å². The topological polar surface area (TPSA) is 86.7 Å². The number of nitrogens with zero attached hydrogens (tertiary/aromatic N) is 1. The molecule has 6 heteroatoms. The van der Waals surface area contributed by atoms with Crippen molar-refractivity contribution in [2.24, 2.45) is 5.41 Å². The summed E-state index contributed by atoms with van der Waals surface area (Å²) < 4.78 is 0. The quantitative estimate of drug-likeness (QED) is 0.827. The average molecular weight is 330 g/mol. The largest absolute Gasteiger partial charge is 0.481 e. The molecular weight excluding hydrogens is 308 g/mol. The standard InChI is InChI=1S/C18H22N2O4/c1-12-2-4-13(5-3-12)10-20-14(6-7-15(20)21)16(22)19-11-18(8-9-18)17(23)24/h2-5,14H,6-11H2,1H3,(H,19,22)(H,23,24). The van der Waals surface area contributed by atoms with Crippen molar-refractivity contribution in [1.82, 2.24) is 10.2 Å². The smallest absolute Gasteiger partial charge is 0.311 e. The molecule has 0 spiro atoms. The molecule has 0 radical (unpaired) electrons. The van der Waals surface area contributed by atoms with Crippen molar-refractivity contribution >= 4 is 17.8 Å². The van der Waals surface area contributed by atoms with E-state index in [9.17, 15) is 19.5 Å². The first-order valence-corrected chi connectivity index (χ1v) is 8.27. The van der Waals surface area contributed by atoms with Crippen molar-refractivity contribution in [1.29, 1.82) is 0 Å². The third kappa shape index (κ3) is 3.27. The molecule has 1 unspecified atom stereocenters. The van der Waals surface area contributed by atoms with E-state index in [-0.39, 0.29) is 18.4 Å². The Kier molecular flexibility index (Phi) is 4.30. The van der Waals surface area contributed by atoms with Gasteiger partial charge in [0.05, 0.1) is 5.41 Å². The zero-order valence-corrected chi connectivity index (χ0v) is 13.7. The molecule has 2 aliphatic rings. The maximum Gasteiger partial charge on any atom is 0.311 e. The number of aryl methyl sites for hydroxylation is 1. The minimum atomic E-state index is -0.859. The predicted octanol–water partition coefficient (Wildman–Crippen LogP) is 1.47. The van der Waals surface area contributed by atoms with Gasteiger partial charge in [-0.05, 0) is 31.7 Å². The second kappa shape index (κ2) is 6.26. The third-order valence-corrected chi connectivity index (χ3v) is 5.01. The Bertz CT molecular complexity index is 664. The first-order chi connectivity index (χ1) is 11.4. The van der Waals surface area contributed by atoms with Crippen molar-refractivity contribution in [3.63, 3.8) is 0 Å². The zero-order valence-electron chi connectivity index (χ0n) is 13.7. The van der Waals surface area contributed by atoms with E-state index in [0.717, 1.165) is 11.1 Å². The van der Waals surface area contributed by atoms with Gasteiger partial charge in [0.25, 0.3) is 0 Å². The van der Waals surface area contributed by atoms with Crippen LogP contribution in [-0.4, -0.2) is 40.4 Å². The predicted molar refractivity (Wildman–Crippen MR) is 87.1 cm³/mol. The van der Waals surface area contributed by atoms with Crippen LogP contribution in [0.15, 0.2) is 24.3 Å². The Morgan fingerprint density at radius 2 is 1.96 bits per heavy atom. The van der Waals surface area contributed by atoms with Crippen molar-refractivity contribution in [3.05, 3.63) is 35.4 Å². The van der Waals surface area contributed by atoms with Crippen LogP contribution in [-0.2, 0) is 20.9 Å². The van der Waals surface area contributed by atoms with Crippen LogP contribution in [0.1, 0.15) is 36.8 Å². The summed E-state index contributed by atoms with van der Waals surface area (Å²) in [7, 11) is 0. The van der Waals surface area contributed by atoms with Gasteiger partial charge in [-0.25, -0.2) is 0 Å². The number of nitrogens with one attached hydrogen (secondary N) is 1. The zero-order chi connectivity index (χ0) is 17.3. The summed E-state index contributed by atoms with van der Waals surface area (Å²) in [6.07, 6.45) is 2.03. The van der Waals surface area contributed by atoms with Crippen molar-refractivity contribution in [2.75, 3.05) is 6.54 Å². The molecule has 1 aromatic rings. The highest BCUT2D eigenvalue weighted by atomic mass is 16.4. The first kappa shape index (κ1) is 16.5. The van der Waals surface area contributed by atoms with Crippen LogP contribution in [0.3, 0.4) is 0 Å². The maximum absolute atomic E-state index is 12.4. The minimum absolute atomic E-state index is 0.0323. The van der Waals surface area contributed by atoms with Crippen LogP contribution in [0.2, 0.25) is 0 Å². The lowest BCUT2D eigenvalue weighted by Crippen LogP contribution is -2.46. The third-order valence-electron chi connectivity index (χ3n) is 5.01. The highest BCUT2D eigenvalue weighted by molar-refractivity contribution is 5.91. The molecule has 0 aromatic heterocycles. The number of carbonyl (C=O) groups is 3. The van der Waals surface area contributed by atoms with E-state index in [0.29, 0.717) is 32.2 Å². The molecule has 24 heavy (non-hydrogen) atoms. The molecule has 3 rings (SSSR count). The van der Waals surface area contributed by atoms with Gasteiger partial charge in [-0.15, -0.1) is 0 Å². The Labute approximate surface area is 140 Å². The molecule has 1 saturated carbocycles. The number of hydrogen-bond donors (Lipinski definition) is 2. The van der Waals surface area contributed by atoms with Gasteiger partial charge in [0.15, 0.2) is 0 Å². The summed E-state index contributed by atoms with van der Waals surface area (Å²) in [6, 6.07) is 7.37. The van der Waals surface area contributed by atoms with Gasteiger partial charge in [0.2, 0.25) is 11.8 Å². The highest BCUT2D eigenvalue weighted by Crippen LogP contribution is 2.45. The van der Waals surface area contributed by atoms with Crippen molar-refractivity contribution in [2.45, 2.75) is 45.2 Å². The number of benzene rings is 1. The van der Waals surface area contributed by atoms with Gasteiger partial charge in [-0.1, -0.05) is 29.8 Å². The van der Waals surface area contributed by atoms with Crippen molar-refractivity contribution < 1.29 is 19.5 Å². The molecule has 128 valence electrons. The van der Waals surface area contributed by atoms with Gasteiger partial charge in [0, 0.05) is 19.5 Å². The number of carbonyl (C=O) groups excluding carboxylic acids is 2. The number of carboxylic acids is 1. The lowest BCUT2D eigenvalue weighted by Gasteiger charge is -2.25. The molecule has 1 atom stereocenters. The van der Waals surface area contributed by atoms with Crippen LogP contribution in [0, 0.1) is 12.3 Å². The lowest BCUT2D eigenvalue weighted by molar-refractivity contribution is -0.143. The molecule has 1 aliphatic carbocycles. The van der Waals surface area contributed by atoms with Crippen LogP contribution >= 0.6 is 0 Å². The molecule has 1 heterocycles. The van der Waals surface area contributed by atoms with E-state index in [1.807, 2.05) is 31.2 Å². The van der Waals surface area contributed by atoms with Crippen LogP contribution in [0.25, 0.3) is 0 Å². The molecular formula is C18H22N2O4. The molecule has 2 fully saturated rings. The Hall–Kier alpha value is -2.37. The van der Waals surface area contributed by atoms with Gasteiger partial charge < -0.3 is 15.3 Å². The number of carboxylic acid groups (broad SMARTS) is 1. The second-order valence-corrected chi connectivity index (χ2v) is 6.86. The molecule has 2 N–H and O–H groups in total. The Balaban J connectivity index is 1.63. The number of likely N-dealkylation sites (tertiary alicyclic amines) is 1. The summed E-state index contributed by atoms with van der Waals surface area (Å²) in [5.74, 6) is -1.14. The fraction of sp³-hybridized carbons (Fsp3) is 0.500. The van der Waals surface area contributed by atoms with Crippen LogP contribution < -0.4 is 5.32 Å². The highest BCUT2D eigenvalue weighted by Gasteiger charge is 2.50. The van der Waals surface area contributed by atoms with E-state index >= 15 is 0 Å². The van der Waals surface area contributed by atoms with Crippen LogP contribution in [0.4, 0.5) is 0 Å². The molecule has 2 amide bonds. The molecule has 1 saturated heterocycles. The van der Waals surface area contributed by atoms with Gasteiger partial charge in [-0.3, -0.25) is 14.4 Å². The summed E-state index contributed by atoms with van der Waals surface area (Å²) in [5, 5.41) is 11.9. The molecule has 1 aliphatic heterocycles. The first-order valence-electron chi connectivity index (χ1n) is 8.27. The minimum Gasteiger partial charge on any atom is -0.481 e. The fourth-order valence-electron chi connectivity index (χ4n) is 3.09. The molecule has 1 aromatic carbocycles. The Morgan fingerprint density at radius 3 is 2.54 bits per heavy atom. The SMILES string of the molecule is Cc1ccc(CN2C(=O)CCC2C(=O)NCC2(C(=O)O)CC2)cc1. The Morgan fingerprint density at radius 1 is 1.29 bits per heavy atom. The van der Waals surface area contributed by atoms with E-state index in [1.165, 1.54) is 0 Å². The molecule has 0 bridgehead atoms. The summed E-state index contributed by atoms with van der Waals surface area (Å²) >= 11 is 0. The van der Waals surface area contributed by atoms with E-state index in [2.05, 4.69) is 5.32 Å². The average Bonchev–Trinajstić information content (AvgIpc) is 3.27. The summed E-state index contributed by atoms with van der Waals surface area (Å²) in [4.78, 5) is 37.4. The monoisotopic (exact) mass is 330 g/mol. The van der Waals surface area contributed by atoms with E-state index < -0.39 is 17.4 Å². The number of amides is 2. The maximum atomic E-state index is 12.4. The van der Waals surface area contributed by atoms with E-state index in [4.69, 9.17) is 0 Å². The lowest BCUT2D eigenvalue weighted by atomic mass is 10.1. The van der Waals surface area contributed by atoms with Gasteiger partial charge >= 0.3 is 5.97 Å². The van der Waals surface area contributed by atoms with E-state index in [1.54, 1.807) is 4.90 Å². The fourth-order valence-corrected chi connectivity index (χ4v) is 3.09. The number of hydrogen-bond acceptors (Lipinski definition) is 3. The normalized spacial score (nSPS) is 21.6. The van der Waals surface area contributed by atoms with Crippen molar-refractivity contribution in [3.8, 4) is 0 Å². The summed E-state index contributed by atoms with van der Waals surface area (Å²) in [5.41, 5.74) is 1.34. The van der Waals surface area contributed by atoms with Gasteiger partial charge in [-0.2, -0.15) is 0 Å². The van der Waals surface area contributed by atoms with Crippen LogP contribution in [0.5, 0.6) is 0 Å².